The van der Waals surface area contributed by atoms with Gasteiger partial charge in [0.25, 0.3) is 0 Å². The van der Waals surface area contributed by atoms with E-state index in [1.807, 2.05) is 42.5 Å². The minimum absolute atomic E-state index is 0.158. The molecule has 1 spiro atoms. The largest absolute Gasteiger partial charge is 0.325 e. The molecule has 0 radical (unpaired) electrons. The summed E-state index contributed by atoms with van der Waals surface area (Å²) in [7, 11) is 0. The number of anilines is 2. The maximum Gasteiger partial charge on any atom is 0.322 e. The molecule has 29 heavy (non-hydrogen) atoms. The molecule has 5 rings (SSSR count). The van der Waals surface area contributed by atoms with Crippen molar-refractivity contribution >= 4 is 34.2 Å². The Kier molecular flexibility index (Phi) is 3.74. The topological polar surface area (TPSA) is 98.1 Å². The minimum atomic E-state index is -0.890. The number of para-hydroxylation sites is 1. The van der Waals surface area contributed by atoms with Crippen LogP contribution in [-0.4, -0.2) is 34.4 Å². The number of amides is 3. The Labute approximate surface area is 167 Å². The molecule has 7 nitrogen and oxygen atoms in total. The van der Waals surface area contributed by atoms with Gasteiger partial charge in [-0.15, -0.1) is 0 Å². The first kappa shape index (κ1) is 17.2. The fraction of sp³-hybridized carbons (Fsp3) is 0.182. The van der Waals surface area contributed by atoms with Crippen molar-refractivity contribution in [2.24, 2.45) is 0 Å². The van der Waals surface area contributed by atoms with Gasteiger partial charge in [-0.2, -0.15) is 5.26 Å². The molecule has 2 aromatic carbocycles. The van der Waals surface area contributed by atoms with Crippen molar-refractivity contribution in [3.05, 3.63) is 66.4 Å². The van der Waals surface area contributed by atoms with E-state index in [-0.39, 0.29) is 18.9 Å². The van der Waals surface area contributed by atoms with Gasteiger partial charge in [0.1, 0.15) is 6.04 Å². The summed E-state index contributed by atoms with van der Waals surface area (Å²) in [5, 5.41) is 16.4. The van der Waals surface area contributed by atoms with Crippen molar-refractivity contribution in [3.8, 4) is 6.07 Å². The Morgan fingerprint density at radius 2 is 2.10 bits per heavy atom. The molecule has 1 unspecified atom stereocenters. The van der Waals surface area contributed by atoms with Crippen LogP contribution < -0.4 is 10.6 Å². The molecule has 3 heterocycles. The van der Waals surface area contributed by atoms with Gasteiger partial charge in [-0.1, -0.05) is 30.3 Å². The standard InChI is InChI=1S/C22H17N5O2/c23-12-16-11-22(17-5-1-2-6-18(17)26-20(22)28)13-27(16)21(29)25-15-8-7-14-4-3-9-24-19(14)10-15/h1-10,16H,11,13H2,(H,25,29)(H,26,28)/t16?,22-/m0/s1. The summed E-state index contributed by atoms with van der Waals surface area (Å²) in [5.74, 6) is -0.163. The second-order valence-corrected chi connectivity index (χ2v) is 7.40. The second kappa shape index (κ2) is 6.31. The molecule has 1 aromatic heterocycles. The molecule has 1 saturated heterocycles. The van der Waals surface area contributed by atoms with Crippen LogP contribution in [0.3, 0.4) is 0 Å². The van der Waals surface area contributed by atoms with Crippen LogP contribution in [0.4, 0.5) is 16.2 Å². The molecule has 1 fully saturated rings. The summed E-state index contributed by atoms with van der Waals surface area (Å²) >= 11 is 0. The number of hydrogen-bond donors (Lipinski definition) is 2. The van der Waals surface area contributed by atoms with Crippen LogP contribution >= 0.6 is 0 Å². The molecule has 2 atom stereocenters. The van der Waals surface area contributed by atoms with Gasteiger partial charge in [0.2, 0.25) is 5.91 Å². The lowest BCUT2D eigenvalue weighted by atomic mass is 9.80. The Hall–Kier alpha value is -3.92. The fourth-order valence-corrected chi connectivity index (χ4v) is 4.31. The lowest BCUT2D eigenvalue weighted by Gasteiger charge is -2.23. The number of hydrogen-bond acceptors (Lipinski definition) is 4. The van der Waals surface area contributed by atoms with Crippen molar-refractivity contribution in [3.63, 3.8) is 0 Å². The number of likely N-dealkylation sites (tertiary alicyclic amines) is 1. The van der Waals surface area contributed by atoms with Gasteiger partial charge < -0.3 is 15.5 Å². The number of aromatic nitrogens is 1. The van der Waals surface area contributed by atoms with E-state index in [1.54, 1.807) is 18.3 Å². The third-order valence-corrected chi connectivity index (χ3v) is 5.75. The van der Waals surface area contributed by atoms with E-state index in [9.17, 15) is 14.9 Å². The number of carbonyl (C=O) groups excluding carboxylic acids is 2. The molecule has 2 aliphatic rings. The summed E-state index contributed by atoms with van der Waals surface area (Å²) in [6.07, 6.45) is 1.97. The third-order valence-electron chi connectivity index (χ3n) is 5.75. The van der Waals surface area contributed by atoms with Crippen LogP contribution in [0.25, 0.3) is 10.9 Å². The number of rotatable bonds is 1. The normalized spacial score (nSPS) is 22.4. The second-order valence-electron chi connectivity index (χ2n) is 7.40. The lowest BCUT2D eigenvalue weighted by Crippen LogP contribution is -2.41. The van der Waals surface area contributed by atoms with Crippen molar-refractivity contribution in [1.82, 2.24) is 9.88 Å². The fourth-order valence-electron chi connectivity index (χ4n) is 4.31. The number of benzene rings is 2. The number of nitrogens with zero attached hydrogens (tertiary/aromatic N) is 3. The molecular weight excluding hydrogens is 366 g/mol. The van der Waals surface area contributed by atoms with Crippen molar-refractivity contribution < 1.29 is 9.59 Å². The number of carbonyl (C=O) groups is 2. The Bertz CT molecular complexity index is 1200. The lowest BCUT2D eigenvalue weighted by molar-refractivity contribution is -0.120. The highest BCUT2D eigenvalue weighted by molar-refractivity contribution is 6.07. The molecule has 2 aliphatic heterocycles. The highest BCUT2D eigenvalue weighted by Crippen LogP contribution is 2.46. The van der Waals surface area contributed by atoms with Gasteiger partial charge in [0, 0.05) is 35.9 Å². The predicted molar refractivity (Wildman–Crippen MR) is 108 cm³/mol. The molecule has 3 amide bonds. The predicted octanol–water partition coefficient (Wildman–Crippen LogP) is 3.25. The SMILES string of the molecule is N#CC1C[C@@]2(CN1C(=O)Nc1ccc3cccnc3c1)C(=O)Nc1ccccc12. The first-order valence-corrected chi connectivity index (χ1v) is 9.34. The van der Waals surface area contributed by atoms with Crippen LogP contribution in [0.1, 0.15) is 12.0 Å². The van der Waals surface area contributed by atoms with Crippen LogP contribution in [0.2, 0.25) is 0 Å². The van der Waals surface area contributed by atoms with Crippen LogP contribution in [0.5, 0.6) is 0 Å². The van der Waals surface area contributed by atoms with E-state index < -0.39 is 17.5 Å². The van der Waals surface area contributed by atoms with E-state index in [2.05, 4.69) is 21.7 Å². The summed E-state index contributed by atoms with van der Waals surface area (Å²) in [6.45, 7) is 0.158. The summed E-state index contributed by atoms with van der Waals surface area (Å²) < 4.78 is 0. The third kappa shape index (κ3) is 2.61. The number of pyridine rings is 1. The van der Waals surface area contributed by atoms with E-state index in [1.165, 1.54) is 4.90 Å². The molecular formula is C22H17N5O2. The van der Waals surface area contributed by atoms with Crippen molar-refractivity contribution in [2.45, 2.75) is 17.9 Å². The van der Waals surface area contributed by atoms with Gasteiger partial charge in [0.05, 0.1) is 17.0 Å². The molecule has 2 N–H and O–H groups in total. The molecule has 3 aromatic rings. The highest BCUT2D eigenvalue weighted by atomic mass is 16.2. The Balaban J connectivity index is 1.44. The molecule has 142 valence electrons. The zero-order chi connectivity index (χ0) is 20.0. The van der Waals surface area contributed by atoms with E-state index >= 15 is 0 Å². The average molecular weight is 383 g/mol. The Morgan fingerprint density at radius 1 is 1.24 bits per heavy atom. The quantitative estimate of drug-likeness (QED) is 0.674. The van der Waals surface area contributed by atoms with Crippen LogP contribution in [0.15, 0.2) is 60.8 Å². The first-order chi connectivity index (χ1) is 14.1. The van der Waals surface area contributed by atoms with Crippen LogP contribution in [-0.2, 0) is 10.2 Å². The Morgan fingerprint density at radius 3 is 2.97 bits per heavy atom. The monoisotopic (exact) mass is 383 g/mol. The highest BCUT2D eigenvalue weighted by Gasteiger charge is 2.55. The maximum absolute atomic E-state index is 13.0. The van der Waals surface area contributed by atoms with E-state index in [0.29, 0.717) is 5.69 Å². The zero-order valence-corrected chi connectivity index (χ0v) is 15.4. The summed E-state index contributed by atoms with van der Waals surface area (Å²) in [4.78, 5) is 31.5. The van der Waals surface area contributed by atoms with Gasteiger partial charge in [-0.25, -0.2) is 4.79 Å². The van der Waals surface area contributed by atoms with Crippen molar-refractivity contribution in [1.29, 1.82) is 5.26 Å². The first-order valence-electron chi connectivity index (χ1n) is 9.34. The zero-order valence-electron chi connectivity index (χ0n) is 15.4. The number of nitriles is 1. The molecule has 0 aliphatic carbocycles. The van der Waals surface area contributed by atoms with Crippen molar-refractivity contribution in [2.75, 3.05) is 17.2 Å². The van der Waals surface area contributed by atoms with Gasteiger partial charge in [0.15, 0.2) is 0 Å². The maximum atomic E-state index is 13.0. The summed E-state index contributed by atoms with van der Waals surface area (Å²) in [5.41, 5.74) is 2.06. The van der Waals surface area contributed by atoms with Crippen LogP contribution in [0, 0.1) is 11.3 Å². The van der Waals surface area contributed by atoms with E-state index in [4.69, 9.17) is 0 Å². The molecule has 0 saturated carbocycles. The minimum Gasteiger partial charge on any atom is -0.325 e. The average Bonchev–Trinajstić information content (AvgIpc) is 3.27. The van der Waals surface area contributed by atoms with Gasteiger partial charge in [-0.05, 0) is 29.8 Å². The van der Waals surface area contributed by atoms with Gasteiger partial charge >= 0.3 is 6.03 Å². The molecule has 7 heteroatoms. The van der Waals surface area contributed by atoms with Gasteiger partial charge in [-0.3, -0.25) is 9.78 Å². The number of fused-ring (bicyclic) bond motifs is 3. The van der Waals surface area contributed by atoms with E-state index in [0.717, 1.165) is 22.2 Å². The smallest absolute Gasteiger partial charge is 0.322 e. The number of nitrogens with one attached hydrogen (secondary N) is 2. The number of urea groups is 1. The summed E-state index contributed by atoms with van der Waals surface area (Å²) in [6, 6.07) is 17.8. The molecule has 0 bridgehead atoms.